The number of piperidine rings is 1. The second-order valence-corrected chi connectivity index (χ2v) is 7.73. The molecule has 1 saturated heterocycles. The Hall–Kier alpha value is -0.590. The van der Waals surface area contributed by atoms with Gasteiger partial charge in [-0.15, -0.1) is 0 Å². The molecular weight excluding hydrogens is 328 g/mol. The van der Waals surface area contributed by atoms with Gasteiger partial charge in [0.1, 0.15) is 0 Å². The minimum absolute atomic E-state index is 0.281. The topological polar surface area (TPSA) is 63.4 Å². The third kappa shape index (κ3) is 3.12. The lowest BCUT2D eigenvalue weighted by atomic mass is 9.96. The van der Waals surface area contributed by atoms with Crippen LogP contribution >= 0.6 is 15.9 Å². The number of sulfonamides is 1. The van der Waals surface area contributed by atoms with E-state index in [2.05, 4.69) is 22.9 Å². The molecule has 2 N–H and O–H groups in total. The van der Waals surface area contributed by atoms with Gasteiger partial charge in [0.05, 0.1) is 4.90 Å². The second-order valence-electron chi connectivity index (χ2n) is 4.94. The maximum absolute atomic E-state index is 12.5. The lowest BCUT2D eigenvalue weighted by molar-refractivity contribution is 0.269. The van der Waals surface area contributed by atoms with Crippen molar-refractivity contribution in [2.75, 3.05) is 18.8 Å². The molecule has 0 unspecified atom stereocenters. The Labute approximate surface area is 123 Å². The van der Waals surface area contributed by atoms with E-state index in [1.165, 1.54) is 6.07 Å². The van der Waals surface area contributed by atoms with E-state index in [0.717, 1.165) is 23.7 Å². The minimum atomic E-state index is -3.40. The van der Waals surface area contributed by atoms with Gasteiger partial charge in [0.15, 0.2) is 0 Å². The summed E-state index contributed by atoms with van der Waals surface area (Å²) in [5, 5.41) is 0. The van der Waals surface area contributed by atoms with Crippen LogP contribution in [0.25, 0.3) is 0 Å². The number of hydrogen-bond acceptors (Lipinski definition) is 3. The Morgan fingerprint density at radius 2 is 2.00 bits per heavy atom. The second kappa shape index (κ2) is 5.81. The summed E-state index contributed by atoms with van der Waals surface area (Å²) < 4.78 is 27.3. The number of halogens is 1. The first-order valence-electron chi connectivity index (χ1n) is 6.50. The molecule has 1 fully saturated rings. The van der Waals surface area contributed by atoms with Crippen LogP contribution in [0, 0.1) is 5.92 Å². The number of nitrogen functional groups attached to an aromatic ring is 1. The Balaban J connectivity index is 2.21. The molecule has 0 radical (unpaired) electrons. The van der Waals surface area contributed by atoms with Gasteiger partial charge >= 0.3 is 0 Å². The first-order chi connectivity index (χ1) is 8.95. The monoisotopic (exact) mass is 346 g/mol. The molecule has 0 atom stereocenters. The van der Waals surface area contributed by atoms with Crippen LogP contribution in [0.4, 0.5) is 5.69 Å². The van der Waals surface area contributed by atoms with Gasteiger partial charge in [-0.3, -0.25) is 0 Å². The molecule has 1 aliphatic heterocycles. The van der Waals surface area contributed by atoms with E-state index in [-0.39, 0.29) is 4.90 Å². The molecule has 0 amide bonds. The van der Waals surface area contributed by atoms with Crippen molar-refractivity contribution in [1.82, 2.24) is 4.31 Å². The van der Waals surface area contributed by atoms with Crippen molar-refractivity contribution in [3.63, 3.8) is 0 Å². The zero-order valence-electron chi connectivity index (χ0n) is 11.0. The zero-order chi connectivity index (χ0) is 14.0. The van der Waals surface area contributed by atoms with E-state index < -0.39 is 10.0 Å². The molecule has 0 bridgehead atoms. The molecule has 6 heteroatoms. The van der Waals surface area contributed by atoms with Crippen LogP contribution in [0.2, 0.25) is 0 Å². The fourth-order valence-electron chi connectivity index (χ4n) is 2.39. The average molecular weight is 347 g/mol. The third-order valence-corrected chi connectivity index (χ3v) is 6.37. The van der Waals surface area contributed by atoms with Gasteiger partial charge in [-0.2, -0.15) is 4.31 Å². The minimum Gasteiger partial charge on any atom is -0.398 e. The highest BCUT2D eigenvalue weighted by Crippen LogP contribution is 2.28. The Bertz CT molecular complexity index is 552. The number of anilines is 1. The van der Waals surface area contributed by atoms with Crippen molar-refractivity contribution in [3.05, 3.63) is 22.7 Å². The van der Waals surface area contributed by atoms with Crippen LogP contribution in [0.5, 0.6) is 0 Å². The molecule has 4 nitrogen and oxygen atoms in total. The molecule has 2 rings (SSSR count). The summed E-state index contributed by atoms with van der Waals surface area (Å²) in [6.07, 6.45) is 3.02. The van der Waals surface area contributed by atoms with Gasteiger partial charge in [0.2, 0.25) is 10.0 Å². The number of nitrogens with zero attached hydrogens (tertiary/aromatic N) is 1. The average Bonchev–Trinajstić information content (AvgIpc) is 2.41. The van der Waals surface area contributed by atoms with E-state index >= 15 is 0 Å². The van der Waals surface area contributed by atoms with Crippen LogP contribution in [0.1, 0.15) is 26.2 Å². The third-order valence-electron chi connectivity index (χ3n) is 3.76. The van der Waals surface area contributed by atoms with Crippen molar-refractivity contribution in [2.24, 2.45) is 5.92 Å². The van der Waals surface area contributed by atoms with Gasteiger partial charge in [-0.1, -0.05) is 13.3 Å². The van der Waals surface area contributed by atoms with Crippen LogP contribution in [0.3, 0.4) is 0 Å². The van der Waals surface area contributed by atoms with Gasteiger partial charge < -0.3 is 5.73 Å². The molecule has 19 heavy (non-hydrogen) atoms. The van der Waals surface area contributed by atoms with Gasteiger partial charge in [-0.05, 0) is 52.9 Å². The summed E-state index contributed by atoms with van der Waals surface area (Å²) in [5.41, 5.74) is 6.21. The van der Waals surface area contributed by atoms with Gasteiger partial charge in [0.25, 0.3) is 0 Å². The van der Waals surface area contributed by atoms with E-state index in [9.17, 15) is 8.42 Å². The quantitative estimate of drug-likeness (QED) is 0.856. The molecule has 0 saturated carbocycles. The fraction of sp³-hybridized carbons (Fsp3) is 0.538. The highest BCUT2D eigenvalue weighted by atomic mass is 79.9. The highest BCUT2D eigenvalue weighted by Gasteiger charge is 2.28. The van der Waals surface area contributed by atoms with E-state index in [0.29, 0.717) is 24.7 Å². The van der Waals surface area contributed by atoms with Crippen LogP contribution in [-0.2, 0) is 10.0 Å². The number of nitrogens with two attached hydrogens (primary N) is 1. The van der Waals surface area contributed by atoms with Crippen molar-refractivity contribution in [1.29, 1.82) is 0 Å². The first-order valence-corrected chi connectivity index (χ1v) is 8.73. The van der Waals surface area contributed by atoms with E-state index in [1.807, 2.05) is 0 Å². The summed E-state index contributed by atoms with van der Waals surface area (Å²) in [5.74, 6) is 0.654. The molecule has 0 aromatic heterocycles. The van der Waals surface area contributed by atoms with Crippen LogP contribution in [-0.4, -0.2) is 25.8 Å². The van der Waals surface area contributed by atoms with Crippen molar-refractivity contribution in [3.8, 4) is 0 Å². The lowest BCUT2D eigenvalue weighted by Crippen LogP contribution is -2.38. The van der Waals surface area contributed by atoms with Crippen molar-refractivity contribution >= 4 is 31.6 Å². The summed E-state index contributed by atoms with van der Waals surface area (Å²) in [7, 11) is -3.40. The highest BCUT2D eigenvalue weighted by molar-refractivity contribution is 9.10. The smallest absolute Gasteiger partial charge is 0.243 e. The van der Waals surface area contributed by atoms with Gasteiger partial charge in [-0.25, -0.2) is 8.42 Å². The molecule has 1 heterocycles. The molecule has 106 valence electrons. The van der Waals surface area contributed by atoms with E-state index in [4.69, 9.17) is 5.73 Å². The van der Waals surface area contributed by atoms with Crippen LogP contribution in [0.15, 0.2) is 27.6 Å². The number of hydrogen-bond donors (Lipinski definition) is 1. The Kier molecular flexibility index (Phi) is 4.53. The van der Waals surface area contributed by atoms with Crippen LogP contribution < -0.4 is 5.73 Å². The number of benzene rings is 1. The predicted octanol–water partition coefficient (Wildman–Crippen LogP) is 2.84. The SMILES string of the molecule is CCC1CCN(S(=O)(=O)c2ccc(Br)c(N)c2)CC1. The standard InChI is InChI=1S/C13H19BrN2O2S/c1-2-10-5-7-16(8-6-10)19(17,18)11-3-4-12(14)13(15)9-11/h3-4,9-10H,2,5-8,15H2,1H3. The molecule has 1 aliphatic rings. The lowest BCUT2D eigenvalue weighted by Gasteiger charge is -2.30. The molecule has 0 spiro atoms. The molecular formula is C13H19BrN2O2S. The molecule has 1 aromatic rings. The van der Waals surface area contributed by atoms with Crippen molar-refractivity contribution in [2.45, 2.75) is 31.1 Å². The molecule has 0 aliphatic carbocycles. The Morgan fingerprint density at radius 3 is 2.53 bits per heavy atom. The Morgan fingerprint density at radius 1 is 1.37 bits per heavy atom. The van der Waals surface area contributed by atoms with E-state index in [1.54, 1.807) is 16.4 Å². The molecule has 1 aromatic carbocycles. The predicted molar refractivity (Wildman–Crippen MR) is 80.3 cm³/mol. The largest absolute Gasteiger partial charge is 0.398 e. The fourth-order valence-corrected chi connectivity index (χ4v) is 4.14. The maximum atomic E-state index is 12.5. The number of rotatable bonds is 3. The van der Waals surface area contributed by atoms with Gasteiger partial charge in [0, 0.05) is 23.2 Å². The summed E-state index contributed by atoms with van der Waals surface area (Å²) >= 11 is 3.28. The first kappa shape index (κ1) is 14.8. The normalized spacial score (nSPS) is 18.6. The summed E-state index contributed by atoms with van der Waals surface area (Å²) in [6.45, 7) is 3.37. The maximum Gasteiger partial charge on any atom is 0.243 e. The summed E-state index contributed by atoms with van der Waals surface area (Å²) in [6, 6.07) is 4.80. The zero-order valence-corrected chi connectivity index (χ0v) is 13.4. The van der Waals surface area contributed by atoms with Crippen molar-refractivity contribution < 1.29 is 8.42 Å². The summed E-state index contributed by atoms with van der Waals surface area (Å²) in [4.78, 5) is 0.281.